The summed E-state index contributed by atoms with van der Waals surface area (Å²) in [6, 6.07) is 7.09. The minimum absolute atomic E-state index is 0.0809. The SMILES string of the molecule is O=C1SCCC(COCc2csc3nc(C(=O)NCc4cccc(Cl)c4)[nH]c(=O)c23)C1=O. The molecular formula is C21H18ClN3O5S2. The molecule has 2 aromatic heterocycles. The van der Waals surface area contributed by atoms with Gasteiger partial charge in [0.25, 0.3) is 16.6 Å². The summed E-state index contributed by atoms with van der Waals surface area (Å²) >= 11 is 8.21. The Morgan fingerprint density at radius 2 is 2.16 bits per heavy atom. The largest absolute Gasteiger partial charge is 0.376 e. The number of thiophene rings is 1. The maximum Gasteiger partial charge on any atom is 0.287 e. The van der Waals surface area contributed by atoms with Crippen molar-refractivity contribution in [2.45, 2.75) is 19.6 Å². The summed E-state index contributed by atoms with van der Waals surface area (Å²) in [5.41, 5.74) is 0.998. The topological polar surface area (TPSA) is 118 Å². The number of thioether (sulfide) groups is 1. The van der Waals surface area contributed by atoms with Crippen molar-refractivity contribution >= 4 is 61.7 Å². The second-order valence-corrected chi connectivity index (χ2v) is 9.53. The molecule has 1 amide bonds. The molecule has 8 nitrogen and oxygen atoms in total. The third-order valence-corrected chi connectivity index (χ3v) is 6.98. The van der Waals surface area contributed by atoms with E-state index in [0.717, 1.165) is 17.3 Å². The number of ketones is 1. The van der Waals surface area contributed by atoms with Crippen LogP contribution in [0, 0.1) is 5.92 Å². The lowest BCUT2D eigenvalue weighted by Crippen LogP contribution is -2.30. The van der Waals surface area contributed by atoms with Gasteiger partial charge in [0.05, 0.1) is 24.5 Å². The van der Waals surface area contributed by atoms with Gasteiger partial charge in [0.15, 0.2) is 0 Å². The molecule has 3 heterocycles. The lowest BCUT2D eigenvalue weighted by Gasteiger charge is -2.18. The molecule has 0 saturated carbocycles. The minimum atomic E-state index is -0.506. The van der Waals surface area contributed by atoms with Crippen molar-refractivity contribution in [1.82, 2.24) is 15.3 Å². The molecule has 3 aromatic rings. The van der Waals surface area contributed by atoms with E-state index in [4.69, 9.17) is 16.3 Å². The molecule has 0 aliphatic carbocycles. The normalized spacial score (nSPS) is 16.5. The molecule has 2 N–H and O–H groups in total. The third-order valence-electron chi connectivity index (χ3n) is 4.93. The molecule has 0 bridgehead atoms. The van der Waals surface area contributed by atoms with Gasteiger partial charge < -0.3 is 15.0 Å². The van der Waals surface area contributed by atoms with Crippen LogP contribution in [-0.4, -0.2) is 39.1 Å². The molecule has 11 heteroatoms. The van der Waals surface area contributed by atoms with Gasteiger partial charge in [-0.3, -0.25) is 19.2 Å². The lowest BCUT2D eigenvalue weighted by molar-refractivity contribution is -0.136. The van der Waals surface area contributed by atoms with E-state index in [-0.39, 0.29) is 25.6 Å². The zero-order valence-electron chi connectivity index (χ0n) is 16.7. The molecule has 32 heavy (non-hydrogen) atoms. The van der Waals surface area contributed by atoms with Gasteiger partial charge in [0.2, 0.25) is 11.6 Å². The summed E-state index contributed by atoms with van der Waals surface area (Å²) < 4.78 is 5.63. The van der Waals surface area contributed by atoms with Crippen LogP contribution in [-0.2, 0) is 27.5 Å². The minimum Gasteiger partial charge on any atom is -0.376 e. The molecule has 4 rings (SSSR count). The number of nitrogens with zero attached hydrogens (tertiary/aromatic N) is 1. The highest BCUT2D eigenvalue weighted by atomic mass is 35.5. The number of fused-ring (bicyclic) bond motifs is 1. The number of rotatable bonds is 7. The predicted octanol–water partition coefficient (Wildman–Crippen LogP) is 2.93. The van der Waals surface area contributed by atoms with Crippen molar-refractivity contribution in [3.05, 3.63) is 62.0 Å². The lowest BCUT2D eigenvalue weighted by atomic mass is 10.0. The molecule has 0 radical (unpaired) electrons. The first-order valence-electron chi connectivity index (χ1n) is 9.74. The van der Waals surface area contributed by atoms with Crippen molar-refractivity contribution in [2.24, 2.45) is 5.92 Å². The van der Waals surface area contributed by atoms with Crippen molar-refractivity contribution in [3.8, 4) is 0 Å². The number of carbonyl (C=O) groups excluding carboxylic acids is 3. The van der Waals surface area contributed by atoms with Gasteiger partial charge in [0.1, 0.15) is 4.83 Å². The summed E-state index contributed by atoms with van der Waals surface area (Å²) in [5, 5.41) is 4.94. The van der Waals surface area contributed by atoms with E-state index in [2.05, 4.69) is 15.3 Å². The Labute approximate surface area is 195 Å². The average molecular weight is 492 g/mol. The molecular weight excluding hydrogens is 474 g/mol. The molecule has 1 saturated heterocycles. The first-order chi connectivity index (χ1) is 15.4. The van der Waals surface area contributed by atoms with Crippen molar-refractivity contribution < 1.29 is 19.1 Å². The van der Waals surface area contributed by atoms with Crippen molar-refractivity contribution in [1.29, 1.82) is 0 Å². The number of aromatic nitrogens is 2. The zero-order chi connectivity index (χ0) is 22.7. The Balaban J connectivity index is 1.41. The molecule has 1 aliphatic rings. The van der Waals surface area contributed by atoms with E-state index in [1.807, 2.05) is 6.07 Å². The van der Waals surface area contributed by atoms with Crippen LogP contribution in [0.1, 0.15) is 28.2 Å². The number of ether oxygens (including phenoxy) is 1. The summed E-state index contributed by atoms with van der Waals surface area (Å²) in [7, 11) is 0. The molecule has 1 unspecified atom stereocenters. The standard InChI is InChI=1S/C21H18ClN3O5S2/c22-14-3-1-2-11(6-14)7-23-19(28)17-24-18(27)15-13(10-32-20(15)25-17)9-30-8-12-4-5-31-21(29)16(12)26/h1-3,6,10,12H,4-5,7-9H2,(H,23,28)(H,24,25,27). The average Bonchev–Trinajstić information content (AvgIpc) is 3.18. The van der Waals surface area contributed by atoms with E-state index in [0.29, 0.717) is 33.0 Å². The second kappa shape index (κ2) is 9.95. The van der Waals surface area contributed by atoms with Gasteiger partial charge in [-0.25, -0.2) is 4.98 Å². The fourth-order valence-electron chi connectivity index (χ4n) is 3.27. The maximum absolute atomic E-state index is 12.6. The number of aromatic amines is 1. The fourth-order valence-corrected chi connectivity index (χ4v) is 5.30. The number of benzene rings is 1. The fraction of sp³-hybridized carbons (Fsp3) is 0.286. The summed E-state index contributed by atoms with van der Waals surface area (Å²) in [6.45, 7) is 0.472. The molecule has 1 atom stereocenters. The molecule has 0 spiro atoms. The molecule has 1 aromatic carbocycles. The number of hydrogen-bond acceptors (Lipinski definition) is 8. The Morgan fingerprint density at radius 1 is 1.31 bits per heavy atom. The quantitative estimate of drug-likeness (QED) is 0.488. The smallest absolute Gasteiger partial charge is 0.287 e. The number of Topliss-reactive ketones (excluding diaryl/α,β-unsaturated/α-hetero) is 1. The highest BCUT2D eigenvalue weighted by molar-refractivity contribution is 8.15. The van der Waals surface area contributed by atoms with E-state index >= 15 is 0 Å². The van der Waals surface area contributed by atoms with Gasteiger partial charge in [0, 0.05) is 22.9 Å². The highest BCUT2D eigenvalue weighted by Crippen LogP contribution is 2.24. The van der Waals surface area contributed by atoms with Crippen LogP contribution < -0.4 is 10.9 Å². The second-order valence-electron chi connectivity index (χ2n) is 7.17. The van der Waals surface area contributed by atoms with Crippen molar-refractivity contribution in [2.75, 3.05) is 12.4 Å². The highest BCUT2D eigenvalue weighted by Gasteiger charge is 2.30. The van der Waals surface area contributed by atoms with Crippen LogP contribution in [0.2, 0.25) is 5.02 Å². The number of H-pyrrole nitrogens is 1. The van der Waals surface area contributed by atoms with Crippen LogP contribution in [0.25, 0.3) is 10.2 Å². The number of hydrogen-bond donors (Lipinski definition) is 2. The number of amides is 1. The van der Waals surface area contributed by atoms with Crippen LogP contribution in [0.4, 0.5) is 0 Å². The molecule has 1 fully saturated rings. The molecule has 166 valence electrons. The van der Waals surface area contributed by atoms with E-state index in [1.54, 1.807) is 23.6 Å². The Kier molecular flexibility index (Phi) is 7.04. The van der Waals surface area contributed by atoms with Gasteiger partial charge in [-0.1, -0.05) is 35.5 Å². The van der Waals surface area contributed by atoms with Crippen LogP contribution in [0.5, 0.6) is 0 Å². The predicted molar refractivity (Wildman–Crippen MR) is 123 cm³/mol. The zero-order valence-corrected chi connectivity index (χ0v) is 19.1. The van der Waals surface area contributed by atoms with Crippen LogP contribution >= 0.6 is 34.7 Å². The number of nitrogens with one attached hydrogen (secondary N) is 2. The molecule has 1 aliphatic heterocycles. The summed E-state index contributed by atoms with van der Waals surface area (Å²) in [6.07, 6.45) is 0.593. The first kappa shape index (κ1) is 22.7. The van der Waals surface area contributed by atoms with Crippen molar-refractivity contribution in [3.63, 3.8) is 0 Å². The third kappa shape index (κ3) is 5.09. The van der Waals surface area contributed by atoms with Crippen LogP contribution in [0.15, 0.2) is 34.4 Å². The van der Waals surface area contributed by atoms with Gasteiger partial charge in [-0.15, -0.1) is 11.3 Å². The van der Waals surface area contributed by atoms with Gasteiger partial charge >= 0.3 is 0 Å². The number of halogens is 1. The summed E-state index contributed by atoms with van der Waals surface area (Å²) in [4.78, 5) is 55.7. The summed E-state index contributed by atoms with van der Waals surface area (Å²) in [5.74, 6) is -0.841. The monoisotopic (exact) mass is 491 g/mol. The van der Waals surface area contributed by atoms with E-state index in [9.17, 15) is 19.2 Å². The number of carbonyl (C=O) groups is 3. The van der Waals surface area contributed by atoms with E-state index in [1.165, 1.54) is 11.3 Å². The van der Waals surface area contributed by atoms with Gasteiger partial charge in [-0.05, 0) is 29.5 Å². The van der Waals surface area contributed by atoms with Crippen LogP contribution in [0.3, 0.4) is 0 Å². The van der Waals surface area contributed by atoms with Gasteiger partial charge in [-0.2, -0.15) is 0 Å². The Hall–Kier alpha value is -2.53. The maximum atomic E-state index is 12.6. The van der Waals surface area contributed by atoms with E-state index < -0.39 is 28.3 Å². The first-order valence-corrected chi connectivity index (χ1v) is 12.0. The Bertz CT molecular complexity index is 1260. The Morgan fingerprint density at radius 3 is 2.97 bits per heavy atom.